The summed E-state index contributed by atoms with van der Waals surface area (Å²) in [5.41, 5.74) is 3.63. The molecule has 1 unspecified atom stereocenters. The molecule has 1 aliphatic heterocycles. The number of aryl methyl sites for hydroxylation is 1. The maximum atomic E-state index is 12.7. The summed E-state index contributed by atoms with van der Waals surface area (Å²) < 4.78 is 0. The molecule has 1 saturated heterocycles. The van der Waals surface area contributed by atoms with E-state index in [4.69, 9.17) is 0 Å². The molecule has 1 atom stereocenters. The van der Waals surface area contributed by atoms with Gasteiger partial charge in [-0.2, -0.15) is 0 Å². The van der Waals surface area contributed by atoms with Crippen LogP contribution in [0.3, 0.4) is 0 Å². The van der Waals surface area contributed by atoms with Gasteiger partial charge in [-0.3, -0.25) is 9.59 Å². The average molecular weight is 395 g/mol. The van der Waals surface area contributed by atoms with Crippen LogP contribution in [0.15, 0.2) is 36.5 Å². The smallest absolute Gasteiger partial charge is 0.255 e. The molecule has 6 nitrogen and oxygen atoms in total. The molecule has 1 aliphatic rings. The minimum absolute atomic E-state index is 0.0333. The number of nitrogens with one attached hydrogen (secondary N) is 1. The number of hydrogen-bond acceptors (Lipinski definition) is 4. The monoisotopic (exact) mass is 394 g/mol. The van der Waals surface area contributed by atoms with Crippen LogP contribution in [0.25, 0.3) is 0 Å². The van der Waals surface area contributed by atoms with E-state index < -0.39 is 0 Å². The zero-order valence-corrected chi connectivity index (χ0v) is 17.7. The number of hydrogen-bond donors (Lipinski definition) is 1. The highest BCUT2D eigenvalue weighted by atomic mass is 16.2. The molecule has 0 bridgehead atoms. The maximum absolute atomic E-state index is 12.7. The second kappa shape index (κ2) is 9.07. The quantitative estimate of drug-likeness (QED) is 0.841. The summed E-state index contributed by atoms with van der Waals surface area (Å²) in [5, 5.41) is 2.96. The first-order valence-corrected chi connectivity index (χ1v) is 10.2. The van der Waals surface area contributed by atoms with Crippen molar-refractivity contribution in [2.75, 3.05) is 36.9 Å². The lowest BCUT2D eigenvalue weighted by Gasteiger charge is -2.31. The largest absolute Gasteiger partial charge is 0.350 e. The third-order valence-corrected chi connectivity index (χ3v) is 5.59. The van der Waals surface area contributed by atoms with Crippen molar-refractivity contribution in [3.05, 3.63) is 53.2 Å². The molecule has 6 heteroatoms. The van der Waals surface area contributed by atoms with Crippen molar-refractivity contribution in [3.63, 3.8) is 0 Å². The van der Waals surface area contributed by atoms with Gasteiger partial charge in [-0.15, -0.1) is 0 Å². The van der Waals surface area contributed by atoms with Gasteiger partial charge in [-0.25, -0.2) is 4.98 Å². The Morgan fingerprint density at radius 1 is 1.24 bits per heavy atom. The molecule has 1 N–H and O–H groups in total. The number of anilines is 2. The van der Waals surface area contributed by atoms with Crippen LogP contribution >= 0.6 is 0 Å². The van der Waals surface area contributed by atoms with E-state index in [0.29, 0.717) is 17.3 Å². The highest BCUT2D eigenvalue weighted by Gasteiger charge is 2.22. The number of likely N-dealkylation sites (N-methyl/N-ethyl adjacent to an activating group) is 1. The van der Waals surface area contributed by atoms with Gasteiger partial charge in [0.15, 0.2) is 0 Å². The standard InChI is InChI=1S/C23H30N4O2/c1-16-7-6-12-27(14-16)23(29)19-10-11-21(24-13-19)26(4)15-22(28)25-20-9-5-8-17(2)18(20)3/h5,8-11,13,16H,6-7,12,14-15H2,1-4H3,(H,25,28). The van der Waals surface area contributed by atoms with Gasteiger partial charge in [-0.05, 0) is 61.9 Å². The van der Waals surface area contributed by atoms with Gasteiger partial charge in [0.05, 0.1) is 12.1 Å². The SMILES string of the molecule is Cc1cccc(NC(=O)CN(C)c2ccc(C(=O)N3CCCC(C)C3)cn2)c1C. The molecule has 2 heterocycles. The molecule has 1 aromatic carbocycles. The minimum Gasteiger partial charge on any atom is -0.350 e. The van der Waals surface area contributed by atoms with Crippen LogP contribution in [-0.4, -0.2) is 48.4 Å². The van der Waals surface area contributed by atoms with Crippen LogP contribution in [0.4, 0.5) is 11.5 Å². The van der Waals surface area contributed by atoms with E-state index in [1.165, 1.54) is 6.42 Å². The van der Waals surface area contributed by atoms with E-state index in [1.54, 1.807) is 23.2 Å². The van der Waals surface area contributed by atoms with Crippen molar-refractivity contribution in [2.24, 2.45) is 5.92 Å². The summed E-state index contributed by atoms with van der Waals surface area (Å²) in [6.45, 7) is 7.99. The number of piperidine rings is 1. The summed E-state index contributed by atoms with van der Waals surface area (Å²) >= 11 is 0. The summed E-state index contributed by atoms with van der Waals surface area (Å²) in [5.74, 6) is 1.13. The number of aromatic nitrogens is 1. The van der Waals surface area contributed by atoms with Crippen molar-refractivity contribution in [1.82, 2.24) is 9.88 Å². The first-order valence-electron chi connectivity index (χ1n) is 10.2. The normalized spacial score (nSPS) is 16.4. The van der Waals surface area contributed by atoms with Crippen LogP contribution in [0.5, 0.6) is 0 Å². The fraction of sp³-hybridized carbons (Fsp3) is 0.435. The van der Waals surface area contributed by atoms with Gasteiger partial charge >= 0.3 is 0 Å². The molecule has 0 aliphatic carbocycles. The molecule has 0 saturated carbocycles. The molecule has 0 radical (unpaired) electrons. The van der Waals surface area contributed by atoms with Crippen molar-refractivity contribution in [1.29, 1.82) is 0 Å². The lowest BCUT2D eigenvalue weighted by atomic mass is 10.00. The highest BCUT2D eigenvalue weighted by Crippen LogP contribution is 2.20. The molecular formula is C23H30N4O2. The minimum atomic E-state index is -0.106. The molecule has 0 spiro atoms. The summed E-state index contributed by atoms with van der Waals surface area (Å²) in [7, 11) is 1.82. The fourth-order valence-corrected chi connectivity index (χ4v) is 3.67. The van der Waals surface area contributed by atoms with Crippen LogP contribution < -0.4 is 10.2 Å². The molecule has 29 heavy (non-hydrogen) atoms. The zero-order chi connectivity index (χ0) is 21.0. The Bertz CT molecular complexity index is 879. The Balaban J connectivity index is 1.59. The zero-order valence-electron chi connectivity index (χ0n) is 17.7. The van der Waals surface area contributed by atoms with E-state index in [-0.39, 0.29) is 18.4 Å². The van der Waals surface area contributed by atoms with Gasteiger partial charge < -0.3 is 15.1 Å². The van der Waals surface area contributed by atoms with E-state index >= 15 is 0 Å². The van der Waals surface area contributed by atoms with Crippen molar-refractivity contribution in [3.8, 4) is 0 Å². The first kappa shape index (κ1) is 20.8. The average Bonchev–Trinajstić information content (AvgIpc) is 2.71. The first-order chi connectivity index (χ1) is 13.8. The summed E-state index contributed by atoms with van der Waals surface area (Å²) in [6.07, 6.45) is 3.84. The second-order valence-corrected chi connectivity index (χ2v) is 8.06. The number of amides is 2. The highest BCUT2D eigenvalue weighted by molar-refractivity contribution is 5.95. The Kier molecular flexibility index (Phi) is 6.52. The van der Waals surface area contributed by atoms with Crippen LogP contribution in [0.1, 0.15) is 41.3 Å². The van der Waals surface area contributed by atoms with Crippen molar-refractivity contribution >= 4 is 23.3 Å². The number of pyridine rings is 1. The lowest BCUT2D eigenvalue weighted by Crippen LogP contribution is -2.39. The molecule has 1 aromatic heterocycles. The van der Waals surface area contributed by atoms with E-state index in [0.717, 1.165) is 36.3 Å². The summed E-state index contributed by atoms with van der Waals surface area (Å²) in [6, 6.07) is 9.45. The van der Waals surface area contributed by atoms with Gasteiger partial charge in [0.25, 0.3) is 5.91 Å². The predicted octanol–water partition coefficient (Wildman–Crippen LogP) is 3.65. The molecule has 2 aromatic rings. The third kappa shape index (κ3) is 5.13. The van der Waals surface area contributed by atoms with Gasteiger partial charge in [0, 0.05) is 32.0 Å². The summed E-state index contributed by atoms with van der Waals surface area (Å²) in [4.78, 5) is 33.2. The van der Waals surface area contributed by atoms with Crippen molar-refractivity contribution < 1.29 is 9.59 Å². The number of likely N-dealkylation sites (tertiary alicyclic amines) is 1. The van der Waals surface area contributed by atoms with E-state index in [2.05, 4.69) is 17.2 Å². The Morgan fingerprint density at radius 2 is 2.03 bits per heavy atom. The number of rotatable bonds is 5. The number of benzene rings is 1. The molecule has 2 amide bonds. The number of nitrogens with zero attached hydrogens (tertiary/aromatic N) is 3. The molecular weight excluding hydrogens is 364 g/mol. The number of carbonyl (C=O) groups is 2. The fourth-order valence-electron chi connectivity index (χ4n) is 3.67. The molecule has 3 rings (SSSR count). The Hall–Kier alpha value is -2.89. The second-order valence-electron chi connectivity index (χ2n) is 8.06. The van der Waals surface area contributed by atoms with Crippen LogP contribution in [-0.2, 0) is 4.79 Å². The Morgan fingerprint density at radius 3 is 2.72 bits per heavy atom. The lowest BCUT2D eigenvalue weighted by molar-refractivity contribution is -0.114. The van der Waals surface area contributed by atoms with Crippen LogP contribution in [0, 0.1) is 19.8 Å². The van der Waals surface area contributed by atoms with Crippen molar-refractivity contribution in [2.45, 2.75) is 33.6 Å². The van der Waals surface area contributed by atoms with Crippen LogP contribution in [0.2, 0.25) is 0 Å². The molecule has 154 valence electrons. The topological polar surface area (TPSA) is 65.5 Å². The van der Waals surface area contributed by atoms with Gasteiger partial charge in [-0.1, -0.05) is 19.1 Å². The maximum Gasteiger partial charge on any atom is 0.255 e. The molecule has 1 fully saturated rings. The van der Waals surface area contributed by atoms with Gasteiger partial charge in [0.2, 0.25) is 5.91 Å². The predicted molar refractivity (Wildman–Crippen MR) is 116 cm³/mol. The van der Waals surface area contributed by atoms with Gasteiger partial charge in [0.1, 0.15) is 5.82 Å². The Labute approximate surface area is 172 Å². The van der Waals surface area contributed by atoms with E-state index in [1.807, 2.05) is 44.0 Å². The van der Waals surface area contributed by atoms with E-state index in [9.17, 15) is 9.59 Å². The number of carbonyl (C=O) groups excluding carboxylic acids is 2. The third-order valence-electron chi connectivity index (χ3n) is 5.59.